The van der Waals surface area contributed by atoms with Crippen LogP contribution in [0.1, 0.15) is 23.3 Å². The number of rotatable bonds is 1. The minimum Gasteiger partial charge on any atom is -0.433 e. The molecule has 3 aromatic rings. The number of benzene rings is 1. The summed E-state index contributed by atoms with van der Waals surface area (Å²) in [6, 6.07) is 6.01. The standard InChI is InChI=1S/C15H13BrN2OS/c16-9-6-10(17)14-11(7-9)18-15(19-14)13-5-8-3-1-2-4-12(8)20-13/h5-7H,1-4,17H2. The Kier molecular flexibility index (Phi) is 2.86. The Labute approximate surface area is 128 Å². The summed E-state index contributed by atoms with van der Waals surface area (Å²) < 4.78 is 6.79. The topological polar surface area (TPSA) is 52.0 Å². The van der Waals surface area contributed by atoms with Crippen molar-refractivity contribution in [3.8, 4) is 10.8 Å². The summed E-state index contributed by atoms with van der Waals surface area (Å²) in [5, 5.41) is 0. The quantitative estimate of drug-likeness (QED) is 0.643. The van der Waals surface area contributed by atoms with Crippen molar-refractivity contribution in [3.05, 3.63) is 33.1 Å². The van der Waals surface area contributed by atoms with Crippen molar-refractivity contribution >= 4 is 44.1 Å². The van der Waals surface area contributed by atoms with Gasteiger partial charge in [0.1, 0.15) is 5.52 Å². The van der Waals surface area contributed by atoms with Gasteiger partial charge in [0.25, 0.3) is 0 Å². The second kappa shape index (κ2) is 4.60. The predicted molar refractivity (Wildman–Crippen MR) is 86.1 cm³/mol. The zero-order valence-electron chi connectivity index (χ0n) is 10.8. The zero-order chi connectivity index (χ0) is 13.7. The number of aromatic nitrogens is 1. The highest BCUT2D eigenvalue weighted by atomic mass is 79.9. The molecule has 1 aliphatic carbocycles. The van der Waals surface area contributed by atoms with E-state index in [-0.39, 0.29) is 0 Å². The van der Waals surface area contributed by atoms with Gasteiger partial charge in [0.15, 0.2) is 5.58 Å². The van der Waals surface area contributed by atoms with Crippen LogP contribution in [-0.2, 0) is 12.8 Å². The van der Waals surface area contributed by atoms with Crippen LogP contribution in [0.5, 0.6) is 0 Å². The van der Waals surface area contributed by atoms with Gasteiger partial charge < -0.3 is 10.2 Å². The third-order valence-electron chi connectivity index (χ3n) is 3.69. The Bertz CT molecular complexity index is 782. The summed E-state index contributed by atoms with van der Waals surface area (Å²) in [6.45, 7) is 0. The number of thiophene rings is 1. The largest absolute Gasteiger partial charge is 0.433 e. The van der Waals surface area contributed by atoms with Crippen LogP contribution in [0.15, 0.2) is 27.1 Å². The SMILES string of the molecule is Nc1cc(Br)cc2nc(-c3cc4c(s3)CCCC4)oc12. The van der Waals surface area contributed by atoms with Gasteiger partial charge >= 0.3 is 0 Å². The fraction of sp³-hybridized carbons (Fsp3) is 0.267. The van der Waals surface area contributed by atoms with E-state index in [1.165, 1.54) is 36.1 Å². The molecule has 1 aliphatic rings. The molecule has 102 valence electrons. The number of anilines is 1. The molecule has 0 bridgehead atoms. The molecule has 0 aliphatic heterocycles. The van der Waals surface area contributed by atoms with Crippen LogP contribution in [0.3, 0.4) is 0 Å². The van der Waals surface area contributed by atoms with Gasteiger partial charge in [-0.1, -0.05) is 15.9 Å². The average molecular weight is 349 g/mol. The lowest BCUT2D eigenvalue weighted by molar-refractivity contribution is 0.622. The lowest BCUT2D eigenvalue weighted by atomic mass is 9.99. The van der Waals surface area contributed by atoms with Gasteiger partial charge in [-0.2, -0.15) is 0 Å². The Balaban J connectivity index is 1.85. The number of aryl methyl sites for hydroxylation is 2. The van der Waals surface area contributed by atoms with Gasteiger partial charge in [0.05, 0.1) is 10.6 Å². The van der Waals surface area contributed by atoms with Gasteiger partial charge in [-0.3, -0.25) is 0 Å². The van der Waals surface area contributed by atoms with Crippen LogP contribution in [0.2, 0.25) is 0 Å². The molecule has 3 nitrogen and oxygen atoms in total. The first-order valence-corrected chi connectivity index (χ1v) is 8.29. The maximum atomic E-state index is 5.99. The van der Waals surface area contributed by atoms with Gasteiger partial charge in [-0.15, -0.1) is 11.3 Å². The number of fused-ring (bicyclic) bond motifs is 2. The molecular formula is C15H13BrN2OS. The normalized spacial score (nSPS) is 14.7. The number of hydrogen-bond acceptors (Lipinski definition) is 4. The van der Waals surface area contributed by atoms with E-state index < -0.39 is 0 Å². The van der Waals surface area contributed by atoms with E-state index >= 15 is 0 Å². The van der Waals surface area contributed by atoms with Crippen molar-refractivity contribution in [1.82, 2.24) is 4.98 Å². The van der Waals surface area contributed by atoms with Crippen molar-refractivity contribution in [2.75, 3.05) is 5.73 Å². The number of hydrogen-bond donors (Lipinski definition) is 1. The molecule has 0 radical (unpaired) electrons. The van der Waals surface area contributed by atoms with E-state index in [1.54, 1.807) is 11.3 Å². The smallest absolute Gasteiger partial charge is 0.237 e. The molecule has 4 rings (SSSR count). The monoisotopic (exact) mass is 348 g/mol. The summed E-state index contributed by atoms with van der Waals surface area (Å²) in [7, 11) is 0. The van der Waals surface area contributed by atoms with Crippen molar-refractivity contribution in [2.24, 2.45) is 0 Å². The van der Waals surface area contributed by atoms with Crippen molar-refractivity contribution in [1.29, 1.82) is 0 Å². The first-order valence-electron chi connectivity index (χ1n) is 6.68. The second-order valence-electron chi connectivity index (χ2n) is 5.13. The summed E-state index contributed by atoms with van der Waals surface area (Å²) in [5.41, 5.74) is 9.55. The molecule has 0 saturated heterocycles. The van der Waals surface area contributed by atoms with E-state index in [4.69, 9.17) is 10.2 Å². The Morgan fingerprint density at radius 1 is 1.20 bits per heavy atom. The van der Waals surface area contributed by atoms with Crippen LogP contribution in [-0.4, -0.2) is 4.98 Å². The highest BCUT2D eigenvalue weighted by molar-refractivity contribution is 9.10. The molecule has 2 N–H and O–H groups in total. The Hall–Kier alpha value is -1.33. The molecule has 0 atom stereocenters. The number of nitrogens with zero attached hydrogens (tertiary/aromatic N) is 1. The molecule has 2 heterocycles. The maximum Gasteiger partial charge on any atom is 0.237 e. The van der Waals surface area contributed by atoms with Crippen LogP contribution >= 0.6 is 27.3 Å². The van der Waals surface area contributed by atoms with Crippen molar-refractivity contribution < 1.29 is 4.42 Å². The molecule has 0 spiro atoms. The lowest BCUT2D eigenvalue weighted by Crippen LogP contribution is -1.96. The fourth-order valence-electron chi connectivity index (χ4n) is 2.72. The third-order valence-corrected chi connectivity index (χ3v) is 5.37. The maximum absolute atomic E-state index is 5.99. The van der Waals surface area contributed by atoms with E-state index in [2.05, 4.69) is 27.0 Å². The van der Waals surface area contributed by atoms with E-state index in [0.29, 0.717) is 17.2 Å². The lowest BCUT2D eigenvalue weighted by Gasteiger charge is -2.08. The first kappa shape index (κ1) is 12.4. The first-order chi connectivity index (χ1) is 9.70. The van der Waals surface area contributed by atoms with Gasteiger partial charge in [0.2, 0.25) is 5.89 Å². The summed E-state index contributed by atoms with van der Waals surface area (Å²) >= 11 is 5.24. The van der Waals surface area contributed by atoms with Crippen molar-refractivity contribution in [2.45, 2.75) is 25.7 Å². The van der Waals surface area contributed by atoms with E-state index in [1.807, 2.05) is 12.1 Å². The number of oxazole rings is 1. The molecule has 2 aromatic heterocycles. The third kappa shape index (κ3) is 1.96. The molecule has 0 fully saturated rings. The molecular weight excluding hydrogens is 336 g/mol. The van der Waals surface area contributed by atoms with Gasteiger partial charge in [-0.05, 0) is 49.4 Å². The highest BCUT2D eigenvalue weighted by Gasteiger charge is 2.18. The minimum absolute atomic E-state index is 0.620. The number of nitrogens with two attached hydrogens (primary N) is 1. The summed E-state index contributed by atoms with van der Waals surface area (Å²) in [5.74, 6) is 0.684. The minimum atomic E-state index is 0.620. The Morgan fingerprint density at radius 2 is 2.05 bits per heavy atom. The van der Waals surface area contributed by atoms with Crippen molar-refractivity contribution in [3.63, 3.8) is 0 Å². The Morgan fingerprint density at radius 3 is 2.90 bits per heavy atom. The average Bonchev–Trinajstić information content (AvgIpc) is 3.01. The van der Waals surface area contributed by atoms with Gasteiger partial charge in [-0.25, -0.2) is 4.98 Å². The van der Waals surface area contributed by atoms with Crippen LogP contribution < -0.4 is 5.73 Å². The zero-order valence-corrected chi connectivity index (χ0v) is 13.2. The van der Waals surface area contributed by atoms with E-state index in [9.17, 15) is 0 Å². The molecule has 1 aromatic carbocycles. The molecule has 0 amide bonds. The number of halogens is 1. The van der Waals surface area contributed by atoms with Gasteiger partial charge in [0, 0.05) is 9.35 Å². The molecule has 5 heteroatoms. The van der Waals surface area contributed by atoms with Crippen LogP contribution in [0, 0.1) is 0 Å². The van der Waals surface area contributed by atoms with E-state index in [0.717, 1.165) is 14.9 Å². The summed E-state index contributed by atoms with van der Waals surface area (Å²) in [6.07, 6.45) is 4.95. The fourth-order valence-corrected chi connectivity index (χ4v) is 4.37. The highest BCUT2D eigenvalue weighted by Crippen LogP contribution is 2.37. The number of nitrogen functional groups attached to an aromatic ring is 1. The molecule has 20 heavy (non-hydrogen) atoms. The summed E-state index contributed by atoms with van der Waals surface area (Å²) in [4.78, 5) is 7.18. The molecule has 0 unspecified atom stereocenters. The molecule has 0 saturated carbocycles. The predicted octanol–water partition coefficient (Wildman–Crippen LogP) is 4.78. The van der Waals surface area contributed by atoms with Crippen LogP contribution in [0.4, 0.5) is 5.69 Å². The van der Waals surface area contributed by atoms with Crippen LogP contribution in [0.25, 0.3) is 21.9 Å². The second-order valence-corrected chi connectivity index (χ2v) is 7.18.